The summed E-state index contributed by atoms with van der Waals surface area (Å²) in [6.45, 7) is 10.6. The molecule has 6 nitrogen and oxygen atoms in total. The minimum absolute atomic E-state index is 0.115. The van der Waals surface area contributed by atoms with Crippen LogP contribution in [0.3, 0.4) is 0 Å². The Morgan fingerprint density at radius 2 is 2.10 bits per heavy atom. The Balaban J connectivity index is 1.93. The molecule has 0 spiro atoms. The zero-order chi connectivity index (χ0) is 15.4. The Morgan fingerprint density at radius 1 is 1.33 bits per heavy atom. The molecule has 0 fully saturated rings. The Kier molecular flexibility index (Phi) is 5.14. The standard InChI is InChI=1S/C15H25N5O/c1-11-7-17-19(9-11)10-12(2)16-8-15-13(3)18-20(5-6-21)14(15)4/h7,9,12,16,21H,5-6,8,10H2,1-4H3/t12-/m0/s1. The van der Waals surface area contributed by atoms with Crippen LogP contribution in [-0.4, -0.2) is 37.3 Å². The molecule has 0 radical (unpaired) electrons. The molecule has 2 aromatic heterocycles. The van der Waals surface area contributed by atoms with Crippen LogP contribution in [0.25, 0.3) is 0 Å². The van der Waals surface area contributed by atoms with Crippen LogP contribution in [0.1, 0.15) is 29.4 Å². The van der Waals surface area contributed by atoms with Gasteiger partial charge >= 0.3 is 0 Å². The molecule has 21 heavy (non-hydrogen) atoms. The highest BCUT2D eigenvalue weighted by atomic mass is 16.3. The van der Waals surface area contributed by atoms with Crippen molar-refractivity contribution >= 4 is 0 Å². The molecule has 0 aliphatic carbocycles. The van der Waals surface area contributed by atoms with Gasteiger partial charge in [-0.1, -0.05) is 0 Å². The lowest BCUT2D eigenvalue weighted by Crippen LogP contribution is -2.30. The van der Waals surface area contributed by atoms with Crippen molar-refractivity contribution in [2.75, 3.05) is 6.61 Å². The van der Waals surface area contributed by atoms with Gasteiger partial charge in [0.15, 0.2) is 0 Å². The van der Waals surface area contributed by atoms with Gasteiger partial charge in [0.05, 0.1) is 31.6 Å². The van der Waals surface area contributed by atoms with Crippen molar-refractivity contribution in [2.45, 2.75) is 53.4 Å². The van der Waals surface area contributed by atoms with Gasteiger partial charge in [-0.25, -0.2) is 0 Å². The molecule has 6 heteroatoms. The zero-order valence-electron chi connectivity index (χ0n) is 13.3. The topological polar surface area (TPSA) is 67.9 Å². The largest absolute Gasteiger partial charge is 0.394 e. The molecule has 0 saturated carbocycles. The van der Waals surface area contributed by atoms with Crippen LogP contribution < -0.4 is 5.32 Å². The summed E-state index contributed by atoms with van der Waals surface area (Å²) in [7, 11) is 0. The van der Waals surface area contributed by atoms with Crippen molar-refractivity contribution in [1.29, 1.82) is 0 Å². The van der Waals surface area contributed by atoms with Gasteiger partial charge in [-0.2, -0.15) is 10.2 Å². The number of aliphatic hydroxyl groups excluding tert-OH is 1. The van der Waals surface area contributed by atoms with Crippen molar-refractivity contribution in [3.8, 4) is 0 Å². The van der Waals surface area contributed by atoms with Gasteiger partial charge in [0.1, 0.15) is 0 Å². The van der Waals surface area contributed by atoms with E-state index >= 15 is 0 Å². The molecule has 1 atom stereocenters. The quantitative estimate of drug-likeness (QED) is 0.804. The number of aryl methyl sites for hydroxylation is 2. The maximum Gasteiger partial charge on any atom is 0.0644 e. The van der Waals surface area contributed by atoms with Crippen molar-refractivity contribution < 1.29 is 5.11 Å². The number of nitrogens with zero attached hydrogens (tertiary/aromatic N) is 4. The predicted octanol–water partition coefficient (Wildman–Crippen LogP) is 1.18. The molecule has 2 rings (SSSR count). The summed E-state index contributed by atoms with van der Waals surface area (Å²) in [5.41, 5.74) is 4.54. The van der Waals surface area contributed by atoms with Crippen LogP contribution in [-0.2, 0) is 19.6 Å². The molecule has 2 aromatic rings. The maximum absolute atomic E-state index is 9.04. The van der Waals surface area contributed by atoms with Crippen LogP contribution in [0.5, 0.6) is 0 Å². The predicted molar refractivity (Wildman–Crippen MR) is 82.1 cm³/mol. The second-order valence-corrected chi connectivity index (χ2v) is 5.62. The lowest BCUT2D eigenvalue weighted by atomic mass is 10.2. The number of hydrogen-bond acceptors (Lipinski definition) is 4. The Labute approximate surface area is 125 Å². The summed E-state index contributed by atoms with van der Waals surface area (Å²) in [5.74, 6) is 0. The highest BCUT2D eigenvalue weighted by Crippen LogP contribution is 2.13. The number of hydrogen-bond donors (Lipinski definition) is 2. The van der Waals surface area contributed by atoms with E-state index in [0.29, 0.717) is 12.6 Å². The molecule has 0 amide bonds. The van der Waals surface area contributed by atoms with Gasteiger partial charge in [0.2, 0.25) is 0 Å². The van der Waals surface area contributed by atoms with E-state index in [1.54, 1.807) is 0 Å². The molecule has 0 unspecified atom stereocenters. The lowest BCUT2D eigenvalue weighted by molar-refractivity contribution is 0.267. The smallest absolute Gasteiger partial charge is 0.0644 e. The molecular formula is C15H25N5O. The fraction of sp³-hybridized carbons (Fsp3) is 0.600. The third-order valence-electron chi connectivity index (χ3n) is 3.69. The van der Waals surface area contributed by atoms with Crippen molar-refractivity contribution in [1.82, 2.24) is 24.9 Å². The van der Waals surface area contributed by atoms with Gasteiger partial charge in [0, 0.05) is 30.0 Å². The third kappa shape index (κ3) is 3.92. The molecule has 2 heterocycles. The Bertz CT molecular complexity index is 587. The Morgan fingerprint density at radius 3 is 2.71 bits per heavy atom. The second-order valence-electron chi connectivity index (χ2n) is 5.62. The van der Waals surface area contributed by atoms with Crippen molar-refractivity contribution in [3.63, 3.8) is 0 Å². The second kappa shape index (κ2) is 6.87. The fourth-order valence-electron chi connectivity index (χ4n) is 2.49. The van der Waals surface area contributed by atoms with Crippen molar-refractivity contribution in [2.24, 2.45) is 0 Å². The van der Waals surface area contributed by atoms with E-state index < -0.39 is 0 Å². The summed E-state index contributed by atoms with van der Waals surface area (Å²) < 4.78 is 3.83. The molecule has 0 aliphatic heterocycles. The summed E-state index contributed by atoms with van der Waals surface area (Å²) in [5, 5.41) is 21.3. The van der Waals surface area contributed by atoms with E-state index in [9.17, 15) is 0 Å². The molecule has 0 aliphatic rings. The van der Waals surface area contributed by atoms with E-state index in [4.69, 9.17) is 5.11 Å². The van der Waals surface area contributed by atoms with Gasteiger partial charge in [-0.05, 0) is 33.3 Å². The summed E-state index contributed by atoms with van der Waals surface area (Å²) in [6, 6.07) is 0.323. The monoisotopic (exact) mass is 291 g/mol. The number of nitrogens with one attached hydrogen (secondary N) is 1. The first-order valence-electron chi connectivity index (χ1n) is 7.37. The number of aliphatic hydroxyl groups is 1. The van der Waals surface area contributed by atoms with E-state index in [1.165, 1.54) is 11.1 Å². The minimum Gasteiger partial charge on any atom is -0.394 e. The van der Waals surface area contributed by atoms with E-state index in [0.717, 1.165) is 24.5 Å². The van der Waals surface area contributed by atoms with E-state index in [-0.39, 0.29) is 6.61 Å². The molecule has 116 valence electrons. The highest BCUT2D eigenvalue weighted by Gasteiger charge is 2.12. The maximum atomic E-state index is 9.04. The SMILES string of the molecule is Cc1cnn(C[C@H](C)NCc2c(C)nn(CCO)c2C)c1. The van der Waals surface area contributed by atoms with Crippen molar-refractivity contribution in [3.05, 3.63) is 34.9 Å². The normalized spacial score (nSPS) is 12.8. The summed E-state index contributed by atoms with van der Waals surface area (Å²) >= 11 is 0. The number of rotatable bonds is 7. The van der Waals surface area contributed by atoms with Crippen LogP contribution in [0.2, 0.25) is 0 Å². The van der Waals surface area contributed by atoms with Gasteiger partial charge in [0.25, 0.3) is 0 Å². The first-order valence-corrected chi connectivity index (χ1v) is 7.37. The summed E-state index contributed by atoms with van der Waals surface area (Å²) in [6.07, 6.45) is 3.92. The van der Waals surface area contributed by atoms with Gasteiger partial charge in [-0.3, -0.25) is 9.36 Å². The van der Waals surface area contributed by atoms with E-state index in [1.807, 2.05) is 42.5 Å². The fourth-order valence-corrected chi connectivity index (χ4v) is 2.49. The molecule has 2 N–H and O–H groups in total. The number of aromatic nitrogens is 4. The highest BCUT2D eigenvalue weighted by molar-refractivity contribution is 5.24. The average molecular weight is 291 g/mol. The van der Waals surface area contributed by atoms with Gasteiger partial charge < -0.3 is 10.4 Å². The van der Waals surface area contributed by atoms with Gasteiger partial charge in [-0.15, -0.1) is 0 Å². The first-order chi connectivity index (χ1) is 10.0. The third-order valence-corrected chi connectivity index (χ3v) is 3.69. The van der Waals surface area contributed by atoms with Crippen LogP contribution in [0.15, 0.2) is 12.4 Å². The molecular weight excluding hydrogens is 266 g/mol. The average Bonchev–Trinajstić information content (AvgIpc) is 2.93. The Hall–Kier alpha value is -1.66. The zero-order valence-corrected chi connectivity index (χ0v) is 13.3. The lowest BCUT2D eigenvalue weighted by Gasteiger charge is -2.14. The summed E-state index contributed by atoms with van der Waals surface area (Å²) in [4.78, 5) is 0. The van der Waals surface area contributed by atoms with Crippen LogP contribution >= 0.6 is 0 Å². The van der Waals surface area contributed by atoms with E-state index in [2.05, 4.69) is 22.4 Å². The minimum atomic E-state index is 0.115. The molecule has 0 saturated heterocycles. The van der Waals surface area contributed by atoms with Crippen LogP contribution in [0.4, 0.5) is 0 Å². The first kappa shape index (κ1) is 15.7. The molecule has 0 bridgehead atoms. The molecule has 0 aromatic carbocycles. The van der Waals surface area contributed by atoms with Crippen LogP contribution in [0, 0.1) is 20.8 Å².